The lowest BCUT2D eigenvalue weighted by Crippen LogP contribution is -2.45. The predicted octanol–water partition coefficient (Wildman–Crippen LogP) is -0.502. The Labute approximate surface area is 91.2 Å². The Morgan fingerprint density at radius 2 is 2.20 bits per heavy atom. The van der Waals surface area contributed by atoms with Crippen LogP contribution in [0.5, 0.6) is 0 Å². The van der Waals surface area contributed by atoms with Gasteiger partial charge in [0.05, 0.1) is 18.8 Å². The van der Waals surface area contributed by atoms with Crippen LogP contribution in [-0.4, -0.2) is 50.0 Å². The van der Waals surface area contributed by atoms with Crippen LogP contribution in [0.3, 0.4) is 0 Å². The van der Waals surface area contributed by atoms with Crippen molar-refractivity contribution in [2.75, 3.05) is 26.8 Å². The van der Waals surface area contributed by atoms with Crippen molar-refractivity contribution >= 4 is 5.91 Å². The Morgan fingerprint density at radius 1 is 1.53 bits per heavy atom. The lowest BCUT2D eigenvalue weighted by atomic mass is 10.3. The molecule has 0 fully saturated rings. The first kappa shape index (κ1) is 14.3. The van der Waals surface area contributed by atoms with Gasteiger partial charge in [-0.3, -0.25) is 4.79 Å². The van der Waals surface area contributed by atoms with Crippen molar-refractivity contribution in [2.24, 2.45) is 0 Å². The first-order valence-electron chi connectivity index (χ1n) is 5.29. The highest BCUT2D eigenvalue weighted by molar-refractivity contribution is 5.81. The molecule has 0 aliphatic rings. The van der Waals surface area contributed by atoms with Crippen molar-refractivity contribution in [1.29, 1.82) is 0 Å². The molecular weight excluding hydrogens is 196 g/mol. The molecule has 0 aromatic carbocycles. The number of aliphatic hydroxyl groups is 1. The summed E-state index contributed by atoms with van der Waals surface area (Å²) in [7, 11) is 1.53. The largest absolute Gasteiger partial charge is 0.389 e. The molecule has 0 aromatic heterocycles. The number of aliphatic hydroxyl groups excluding tert-OH is 1. The van der Waals surface area contributed by atoms with Gasteiger partial charge in [0.15, 0.2) is 0 Å². The Bertz CT molecular complexity index is 176. The molecule has 0 aromatic rings. The number of amides is 1. The molecular formula is C10H22N2O3. The summed E-state index contributed by atoms with van der Waals surface area (Å²) in [6.07, 6.45) is 0.349. The van der Waals surface area contributed by atoms with E-state index in [0.29, 0.717) is 13.1 Å². The van der Waals surface area contributed by atoms with E-state index in [4.69, 9.17) is 4.74 Å². The van der Waals surface area contributed by atoms with E-state index in [1.54, 1.807) is 6.92 Å². The van der Waals surface area contributed by atoms with E-state index in [9.17, 15) is 9.90 Å². The Hall–Kier alpha value is -0.650. The number of methoxy groups -OCH3 is 1. The average molecular weight is 218 g/mol. The van der Waals surface area contributed by atoms with Crippen molar-refractivity contribution in [2.45, 2.75) is 32.4 Å². The van der Waals surface area contributed by atoms with Crippen LogP contribution < -0.4 is 10.6 Å². The van der Waals surface area contributed by atoms with Crippen LogP contribution in [0.2, 0.25) is 0 Å². The van der Waals surface area contributed by atoms with E-state index >= 15 is 0 Å². The number of nitrogens with one attached hydrogen (secondary N) is 2. The number of hydrogen-bond acceptors (Lipinski definition) is 4. The van der Waals surface area contributed by atoms with Crippen LogP contribution in [0.15, 0.2) is 0 Å². The average Bonchev–Trinajstić information content (AvgIpc) is 2.22. The summed E-state index contributed by atoms with van der Waals surface area (Å²) < 4.78 is 4.77. The van der Waals surface area contributed by atoms with Gasteiger partial charge in [0.1, 0.15) is 0 Å². The highest BCUT2D eigenvalue weighted by Gasteiger charge is 2.12. The third-order valence-electron chi connectivity index (χ3n) is 1.96. The molecule has 3 N–H and O–H groups in total. The van der Waals surface area contributed by atoms with Gasteiger partial charge in [-0.2, -0.15) is 0 Å². The van der Waals surface area contributed by atoms with E-state index in [1.165, 1.54) is 7.11 Å². The van der Waals surface area contributed by atoms with Crippen LogP contribution >= 0.6 is 0 Å². The summed E-state index contributed by atoms with van der Waals surface area (Å²) >= 11 is 0. The van der Waals surface area contributed by atoms with Gasteiger partial charge in [0.2, 0.25) is 5.91 Å². The van der Waals surface area contributed by atoms with E-state index in [0.717, 1.165) is 6.42 Å². The molecule has 90 valence electrons. The van der Waals surface area contributed by atoms with Crippen molar-refractivity contribution in [3.05, 3.63) is 0 Å². The van der Waals surface area contributed by atoms with Crippen molar-refractivity contribution in [1.82, 2.24) is 10.6 Å². The van der Waals surface area contributed by atoms with Crippen LogP contribution in [0.1, 0.15) is 20.3 Å². The summed E-state index contributed by atoms with van der Waals surface area (Å²) in [6.45, 7) is 5.08. The Morgan fingerprint density at radius 3 is 2.73 bits per heavy atom. The van der Waals surface area contributed by atoms with Gasteiger partial charge in [0, 0.05) is 20.2 Å². The fourth-order valence-electron chi connectivity index (χ4n) is 1.06. The van der Waals surface area contributed by atoms with Gasteiger partial charge >= 0.3 is 0 Å². The van der Waals surface area contributed by atoms with E-state index < -0.39 is 6.10 Å². The van der Waals surface area contributed by atoms with Crippen LogP contribution in [0, 0.1) is 0 Å². The monoisotopic (exact) mass is 218 g/mol. The van der Waals surface area contributed by atoms with Gasteiger partial charge in [-0.1, -0.05) is 6.92 Å². The molecule has 0 bridgehead atoms. The minimum absolute atomic E-state index is 0.0403. The minimum atomic E-state index is -0.573. The van der Waals surface area contributed by atoms with Crippen LogP contribution in [0.4, 0.5) is 0 Å². The van der Waals surface area contributed by atoms with Gasteiger partial charge in [-0.15, -0.1) is 0 Å². The van der Waals surface area contributed by atoms with Crippen LogP contribution in [-0.2, 0) is 9.53 Å². The summed E-state index contributed by atoms with van der Waals surface area (Å²) in [5.41, 5.74) is 0. The van der Waals surface area contributed by atoms with Gasteiger partial charge in [-0.25, -0.2) is 0 Å². The zero-order valence-electron chi connectivity index (χ0n) is 9.75. The standard InChI is InChI=1S/C10H22N2O3/c1-4-5-11-10(14)8(2)12-6-9(13)7-15-3/h8-9,12-13H,4-7H2,1-3H3,(H,11,14). The number of carbonyl (C=O) groups is 1. The predicted molar refractivity (Wildman–Crippen MR) is 58.6 cm³/mol. The van der Waals surface area contributed by atoms with Crippen molar-refractivity contribution in [3.8, 4) is 0 Å². The number of rotatable bonds is 8. The topological polar surface area (TPSA) is 70.6 Å². The lowest BCUT2D eigenvalue weighted by molar-refractivity contribution is -0.122. The first-order valence-corrected chi connectivity index (χ1v) is 5.29. The summed E-state index contributed by atoms with van der Waals surface area (Å²) in [4.78, 5) is 11.4. The highest BCUT2D eigenvalue weighted by atomic mass is 16.5. The molecule has 0 aliphatic carbocycles. The number of ether oxygens (including phenoxy) is 1. The maximum atomic E-state index is 11.4. The van der Waals surface area contributed by atoms with Gasteiger partial charge < -0.3 is 20.5 Å². The van der Waals surface area contributed by atoms with E-state index in [1.807, 2.05) is 6.92 Å². The second kappa shape index (κ2) is 8.64. The maximum absolute atomic E-state index is 11.4. The van der Waals surface area contributed by atoms with Crippen molar-refractivity contribution < 1.29 is 14.6 Å². The lowest BCUT2D eigenvalue weighted by Gasteiger charge is -2.16. The number of carbonyl (C=O) groups excluding carboxylic acids is 1. The second-order valence-corrected chi connectivity index (χ2v) is 3.53. The molecule has 5 heteroatoms. The first-order chi connectivity index (χ1) is 7.11. The molecule has 15 heavy (non-hydrogen) atoms. The molecule has 0 rings (SSSR count). The van der Waals surface area contributed by atoms with Crippen molar-refractivity contribution in [3.63, 3.8) is 0 Å². The van der Waals surface area contributed by atoms with Gasteiger partial charge in [-0.05, 0) is 13.3 Å². The second-order valence-electron chi connectivity index (χ2n) is 3.53. The zero-order chi connectivity index (χ0) is 11.7. The van der Waals surface area contributed by atoms with Crippen LogP contribution in [0.25, 0.3) is 0 Å². The Kier molecular flexibility index (Phi) is 8.27. The third kappa shape index (κ3) is 7.30. The van der Waals surface area contributed by atoms with E-state index in [-0.39, 0.29) is 18.6 Å². The molecule has 5 nitrogen and oxygen atoms in total. The quantitative estimate of drug-likeness (QED) is 0.513. The molecule has 0 saturated carbocycles. The summed E-state index contributed by atoms with van der Waals surface area (Å²) in [5, 5.41) is 15.0. The smallest absolute Gasteiger partial charge is 0.236 e. The normalized spacial score (nSPS) is 14.7. The SMILES string of the molecule is CCCNC(=O)C(C)NCC(O)COC. The fourth-order valence-corrected chi connectivity index (χ4v) is 1.06. The molecule has 1 amide bonds. The minimum Gasteiger partial charge on any atom is -0.389 e. The molecule has 0 spiro atoms. The number of hydrogen-bond donors (Lipinski definition) is 3. The zero-order valence-corrected chi connectivity index (χ0v) is 9.75. The molecule has 2 unspecified atom stereocenters. The molecule has 0 aliphatic heterocycles. The molecule has 0 saturated heterocycles. The highest BCUT2D eigenvalue weighted by Crippen LogP contribution is 1.86. The molecule has 2 atom stereocenters. The Balaban J connectivity index is 3.62. The fraction of sp³-hybridized carbons (Fsp3) is 0.900. The maximum Gasteiger partial charge on any atom is 0.236 e. The van der Waals surface area contributed by atoms with E-state index in [2.05, 4.69) is 10.6 Å². The summed E-state index contributed by atoms with van der Waals surface area (Å²) in [5.74, 6) is -0.0403. The van der Waals surface area contributed by atoms with Gasteiger partial charge in [0.25, 0.3) is 0 Å². The third-order valence-corrected chi connectivity index (χ3v) is 1.96. The molecule has 0 radical (unpaired) electrons. The molecule has 0 heterocycles. The summed E-state index contributed by atoms with van der Waals surface area (Å²) in [6, 6.07) is -0.289.